The minimum atomic E-state index is -1.13. The highest BCUT2D eigenvalue weighted by Gasteiger charge is 2.48. The van der Waals surface area contributed by atoms with Gasteiger partial charge >= 0.3 is 6.09 Å². The molecule has 2 aromatic carbocycles. The second kappa shape index (κ2) is 8.97. The first-order chi connectivity index (χ1) is 16.4. The van der Waals surface area contributed by atoms with Gasteiger partial charge in [0.2, 0.25) is 5.91 Å². The first-order valence-corrected chi connectivity index (χ1v) is 11.9. The molecule has 2 fully saturated rings. The smallest absolute Gasteiger partial charge is 0.405 e. The van der Waals surface area contributed by atoms with E-state index in [9.17, 15) is 9.59 Å². The van der Waals surface area contributed by atoms with Crippen LogP contribution in [0.25, 0.3) is 22.0 Å². The number of benzene rings is 2. The maximum Gasteiger partial charge on any atom is 0.405 e. The van der Waals surface area contributed by atoms with Crippen LogP contribution in [0.4, 0.5) is 4.79 Å². The molecular weight excluding hydrogens is 430 g/mol. The van der Waals surface area contributed by atoms with Gasteiger partial charge < -0.3 is 20.1 Å². The van der Waals surface area contributed by atoms with Crippen molar-refractivity contribution in [2.45, 2.75) is 50.7 Å². The van der Waals surface area contributed by atoms with Crippen molar-refractivity contribution in [3.05, 3.63) is 60.3 Å². The SMILES string of the molecule is Cc1c(-c2ccc(OC3CCN(C(=O)C4(NC(=O)O)CCC4)CC3)cc2)ccc2cccnc12. The third-order valence-electron chi connectivity index (χ3n) is 7.19. The van der Waals surface area contributed by atoms with Crippen LogP contribution in [0.1, 0.15) is 37.7 Å². The van der Waals surface area contributed by atoms with E-state index in [0.717, 1.165) is 52.6 Å². The molecule has 0 unspecified atom stereocenters. The van der Waals surface area contributed by atoms with Gasteiger partial charge in [-0.05, 0) is 61.1 Å². The number of piperidine rings is 1. The third kappa shape index (κ3) is 4.18. The second-order valence-electron chi connectivity index (χ2n) is 9.31. The van der Waals surface area contributed by atoms with Crippen molar-refractivity contribution in [3.8, 4) is 16.9 Å². The molecular formula is C27H29N3O4. The van der Waals surface area contributed by atoms with Crippen LogP contribution in [-0.2, 0) is 4.79 Å². The predicted octanol–water partition coefficient (Wildman–Crippen LogP) is 4.77. The van der Waals surface area contributed by atoms with Crippen LogP contribution in [0.5, 0.6) is 5.75 Å². The molecule has 2 aliphatic rings. The largest absolute Gasteiger partial charge is 0.490 e. The van der Waals surface area contributed by atoms with E-state index >= 15 is 0 Å². The molecule has 1 saturated carbocycles. The summed E-state index contributed by atoms with van der Waals surface area (Å²) in [6.45, 7) is 3.26. The van der Waals surface area contributed by atoms with Gasteiger partial charge in [-0.3, -0.25) is 9.78 Å². The van der Waals surface area contributed by atoms with Gasteiger partial charge in [0.1, 0.15) is 17.4 Å². The summed E-state index contributed by atoms with van der Waals surface area (Å²) < 4.78 is 6.21. The molecule has 176 valence electrons. The molecule has 0 bridgehead atoms. The van der Waals surface area contributed by atoms with Gasteiger partial charge in [0.15, 0.2) is 0 Å². The number of aromatic nitrogens is 1. The lowest BCUT2D eigenvalue weighted by Crippen LogP contribution is -2.64. The number of aryl methyl sites for hydroxylation is 1. The number of pyridine rings is 1. The second-order valence-corrected chi connectivity index (χ2v) is 9.31. The topological polar surface area (TPSA) is 91.8 Å². The van der Waals surface area contributed by atoms with Crippen LogP contribution in [0.3, 0.4) is 0 Å². The van der Waals surface area contributed by atoms with Crippen LogP contribution in [0.15, 0.2) is 54.7 Å². The van der Waals surface area contributed by atoms with E-state index in [2.05, 4.69) is 47.6 Å². The molecule has 7 nitrogen and oxygen atoms in total. The number of ether oxygens (including phenoxy) is 1. The van der Waals surface area contributed by atoms with Crippen molar-refractivity contribution in [3.63, 3.8) is 0 Å². The number of rotatable bonds is 5. The molecule has 1 aliphatic carbocycles. The van der Waals surface area contributed by atoms with Gasteiger partial charge in [-0.15, -0.1) is 0 Å². The van der Waals surface area contributed by atoms with Crippen molar-refractivity contribution >= 4 is 22.9 Å². The zero-order chi connectivity index (χ0) is 23.7. The number of carbonyl (C=O) groups excluding carboxylic acids is 1. The molecule has 1 aromatic heterocycles. The Morgan fingerprint density at radius 2 is 1.82 bits per heavy atom. The number of amides is 2. The summed E-state index contributed by atoms with van der Waals surface area (Å²) in [6.07, 6.45) is 4.20. The monoisotopic (exact) mass is 459 g/mol. The third-order valence-corrected chi connectivity index (χ3v) is 7.19. The molecule has 1 saturated heterocycles. The molecule has 1 aliphatic heterocycles. The normalized spacial score (nSPS) is 17.7. The lowest BCUT2D eigenvalue weighted by molar-refractivity contribution is -0.143. The Labute approximate surface area is 198 Å². The van der Waals surface area contributed by atoms with Crippen molar-refractivity contribution in [2.75, 3.05) is 13.1 Å². The van der Waals surface area contributed by atoms with Crippen LogP contribution < -0.4 is 10.1 Å². The van der Waals surface area contributed by atoms with Crippen molar-refractivity contribution in [1.82, 2.24) is 15.2 Å². The standard InChI is InChI=1S/C27H29N3O4/c1-18-23(10-7-20-4-2-15-28-24(18)20)19-5-8-21(9-6-19)34-22-11-16-30(17-12-22)25(31)27(13-3-14-27)29-26(32)33/h2,4-10,15,22,29H,3,11-14,16-17H2,1H3,(H,32,33). The summed E-state index contributed by atoms with van der Waals surface area (Å²) in [5, 5.41) is 12.7. The van der Waals surface area contributed by atoms with Crippen molar-refractivity contribution in [2.24, 2.45) is 0 Å². The van der Waals surface area contributed by atoms with Crippen LogP contribution >= 0.6 is 0 Å². The van der Waals surface area contributed by atoms with E-state index in [1.165, 1.54) is 0 Å². The molecule has 2 N–H and O–H groups in total. The van der Waals surface area contributed by atoms with Crippen LogP contribution in [0.2, 0.25) is 0 Å². The minimum Gasteiger partial charge on any atom is -0.490 e. The highest BCUT2D eigenvalue weighted by molar-refractivity contribution is 5.91. The summed E-state index contributed by atoms with van der Waals surface area (Å²) >= 11 is 0. The number of hydrogen-bond acceptors (Lipinski definition) is 4. The lowest BCUT2D eigenvalue weighted by atomic mass is 9.75. The maximum atomic E-state index is 12.9. The lowest BCUT2D eigenvalue weighted by Gasteiger charge is -2.44. The Morgan fingerprint density at radius 1 is 1.09 bits per heavy atom. The molecule has 0 atom stereocenters. The number of fused-ring (bicyclic) bond motifs is 1. The molecule has 34 heavy (non-hydrogen) atoms. The van der Waals surface area contributed by atoms with Crippen LogP contribution in [-0.4, -0.2) is 51.7 Å². The predicted molar refractivity (Wildman–Crippen MR) is 130 cm³/mol. The number of nitrogens with one attached hydrogen (secondary N) is 1. The van der Waals surface area contributed by atoms with Gasteiger partial charge in [0.05, 0.1) is 5.52 Å². The fraction of sp³-hybridized carbons (Fsp3) is 0.370. The van der Waals surface area contributed by atoms with Gasteiger partial charge in [-0.1, -0.05) is 30.3 Å². The van der Waals surface area contributed by atoms with E-state index in [4.69, 9.17) is 9.84 Å². The molecule has 5 rings (SSSR count). The Morgan fingerprint density at radius 3 is 2.47 bits per heavy atom. The Kier molecular flexibility index (Phi) is 5.86. The minimum absolute atomic E-state index is 0.0336. The van der Waals surface area contributed by atoms with Crippen molar-refractivity contribution < 1.29 is 19.4 Å². The van der Waals surface area contributed by atoms with Crippen LogP contribution in [0, 0.1) is 6.92 Å². The Balaban J connectivity index is 1.20. The molecule has 2 amide bonds. The van der Waals surface area contributed by atoms with Gasteiger partial charge in [-0.25, -0.2) is 4.79 Å². The molecule has 7 heteroatoms. The number of carboxylic acid groups (broad SMARTS) is 1. The quantitative estimate of drug-likeness (QED) is 0.573. The number of nitrogens with zero attached hydrogens (tertiary/aromatic N) is 2. The zero-order valence-corrected chi connectivity index (χ0v) is 19.3. The average molecular weight is 460 g/mol. The number of hydrogen-bond donors (Lipinski definition) is 2. The molecule has 3 aromatic rings. The first-order valence-electron chi connectivity index (χ1n) is 11.9. The Hall–Kier alpha value is -3.61. The highest BCUT2D eigenvalue weighted by Crippen LogP contribution is 2.35. The van der Waals surface area contributed by atoms with E-state index in [1.807, 2.05) is 24.4 Å². The fourth-order valence-corrected chi connectivity index (χ4v) is 5.12. The van der Waals surface area contributed by atoms with E-state index in [-0.39, 0.29) is 12.0 Å². The summed E-state index contributed by atoms with van der Waals surface area (Å²) in [6, 6.07) is 16.4. The van der Waals surface area contributed by atoms with E-state index in [0.29, 0.717) is 25.9 Å². The fourth-order valence-electron chi connectivity index (χ4n) is 5.12. The number of likely N-dealkylation sites (tertiary alicyclic amines) is 1. The van der Waals surface area contributed by atoms with Gasteiger partial charge in [0.25, 0.3) is 0 Å². The zero-order valence-electron chi connectivity index (χ0n) is 19.3. The van der Waals surface area contributed by atoms with E-state index < -0.39 is 11.6 Å². The molecule has 0 radical (unpaired) electrons. The van der Waals surface area contributed by atoms with Gasteiger partial charge in [0, 0.05) is 37.5 Å². The summed E-state index contributed by atoms with van der Waals surface area (Å²) in [5.41, 5.74) is 3.53. The molecule has 2 heterocycles. The van der Waals surface area contributed by atoms with Gasteiger partial charge in [-0.2, -0.15) is 0 Å². The highest BCUT2D eigenvalue weighted by atomic mass is 16.5. The average Bonchev–Trinajstić information content (AvgIpc) is 2.82. The summed E-state index contributed by atoms with van der Waals surface area (Å²) in [4.78, 5) is 30.4. The Bertz CT molecular complexity index is 1210. The van der Waals surface area contributed by atoms with E-state index in [1.54, 1.807) is 4.90 Å². The first kappa shape index (κ1) is 22.2. The summed E-state index contributed by atoms with van der Waals surface area (Å²) in [7, 11) is 0. The summed E-state index contributed by atoms with van der Waals surface area (Å²) in [5.74, 6) is 0.720. The van der Waals surface area contributed by atoms with Crippen molar-refractivity contribution in [1.29, 1.82) is 0 Å². The maximum absolute atomic E-state index is 12.9. The molecule has 0 spiro atoms. The number of carbonyl (C=O) groups is 2.